The van der Waals surface area contributed by atoms with Gasteiger partial charge in [0, 0.05) is 25.2 Å². The number of carbonyl (C=O) groups excluding carboxylic acids is 2. The van der Waals surface area contributed by atoms with E-state index in [9.17, 15) is 27.2 Å². The van der Waals surface area contributed by atoms with Gasteiger partial charge in [0.1, 0.15) is 5.82 Å². The van der Waals surface area contributed by atoms with Gasteiger partial charge in [-0.3, -0.25) is 9.59 Å². The molecule has 10 heteroatoms. The van der Waals surface area contributed by atoms with Crippen molar-refractivity contribution < 1.29 is 31.9 Å². The average molecular weight is 437 g/mol. The number of hydrogen-bond acceptors (Lipinski definition) is 4. The Morgan fingerprint density at radius 3 is 2.58 bits per heavy atom. The van der Waals surface area contributed by atoms with Crippen LogP contribution in [0.15, 0.2) is 36.4 Å². The fourth-order valence-electron chi connectivity index (χ4n) is 3.78. The van der Waals surface area contributed by atoms with Crippen LogP contribution in [0, 0.1) is 5.82 Å². The summed E-state index contributed by atoms with van der Waals surface area (Å²) in [5.41, 5.74) is 0.108. The Morgan fingerprint density at radius 2 is 1.87 bits per heavy atom. The van der Waals surface area contributed by atoms with Crippen LogP contribution >= 0.6 is 0 Å². The fraction of sp³-hybridized carbons (Fsp3) is 0.333. The highest BCUT2D eigenvalue weighted by atomic mass is 19.4. The fourth-order valence-corrected chi connectivity index (χ4v) is 3.78. The first kappa shape index (κ1) is 21.1. The Kier molecular flexibility index (Phi) is 5.57. The number of hydrogen-bond donors (Lipinski definition) is 2. The molecule has 6 nitrogen and oxygen atoms in total. The Hall–Kier alpha value is -3.14. The SMILES string of the molecule is O=C1CC(C(=O)Nc2cc(C(F)(F)F)ccc2N2CCOCC2)c2ccc(F)cc2N1. The molecule has 2 amide bonds. The molecule has 2 heterocycles. The lowest BCUT2D eigenvalue weighted by Gasteiger charge is -2.31. The maximum atomic E-state index is 13.5. The van der Waals surface area contributed by atoms with E-state index < -0.39 is 35.3 Å². The number of carbonyl (C=O) groups is 2. The van der Waals surface area contributed by atoms with Gasteiger partial charge in [0.2, 0.25) is 11.8 Å². The van der Waals surface area contributed by atoms with Crippen LogP contribution in [0.25, 0.3) is 0 Å². The van der Waals surface area contributed by atoms with Crippen LogP contribution in [0.3, 0.4) is 0 Å². The molecule has 2 aliphatic rings. The summed E-state index contributed by atoms with van der Waals surface area (Å²) in [5.74, 6) is -2.66. The summed E-state index contributed by atoms with van der Waals surface area (Å²) in [6.45, 7) is 1.75. The third-order valence-electron chi connectivity index (χ3n) is 5.30. The number of nitrogens with zero attached hydrogens (tertiary/aromatic N) is 1. The minimum absolute atomic E-state index is 0.00336. The van der Waals surface area contributed by atoms with Crippen LogP contribution in [-0.2, 0) is 20.5 Å². The molecule has 4 rings (SSSR count). The summed E-state index contributed by atoms with van der Waals surface area (Å²) < 4.78 is 58.7. The molecule has 2 aromatic carbocycles. The normalized spacial score (nSPS) is 18.9. The van der Waals surface area contributed by atoms with Gasteiger partial charge in [0.15, 0.2) is 0 Å². The summed E-state index contributed by atoms with van der Waals surface area (Å²) in [6.07, 6.45) is -4.78. The van der Waals surface area contributed by atoms with Crippen molar-refractivity contribution in [2.24, 2.45) is 0 Å². The van der Waals surface area contributed by atoms with Crippen molar-refractivity contribution in [3.8, 4) is 0 Å². The molecule has 1 fully saturated rings. The molecule has 0 aliphatic carbocycles. The predicted molar refractivity (Wildman–Crippen MR) is 105 cm³/mol. The molecule has 164 valence electrons. The topological polar surface area (TPSA) is 70.7 Å². The first-order valence-corrected chi connectivity index (χ1v) is 9.66. The Bertz CT molecular complexity index is 1020. The van der Waals surface area contributed by atoms with Crippen molar-refractivity contribution >= 4 is 28.9 Å². The van der Waals surface area contributed by atoms with Crippen molar-refractivity contribution in [3.05, 3.63) is 53.3 Å². The Morgan fingerprint density at radius 1 is 1.13 bits per heavy atom. The molecule has 2 aromatic rings. The minimum Gasteiger partial charge on any atom is -0.378 e. The lowest BCUT2D eigenvalue weighted by Crippen LogP contribution is -2.37. The molecule has 1 saturated heterocycles. The highest BCUT2D eigenvalue weighted by Crippen LogP contribution is 2.38. The average Bonchev–Trinajstić information content (AvgIpc) is 2.72. The van der Waals surface area contributed by atoms with Crippen LogP contribution in [0.4, 0.5) is 34.6 Å². The number of halogens is 4. The number of ether oxygens (including phenoxy) is 1. The number of rotatable bonds is 3. The van der Waals surface area contributed by atoms with E-state index in [-0.39, 0.29) is 17.8 Å². The van der Waals surface area contributed by atoms with Crippen molar-refractivity contribution in [2.75, 3.05) is 41.8 Å². The number of benzene rings is 2. The number of anilines is 3. The highest BCUT2D eigenvalue weighted by Gasteiger charge is 2.34. The molecule has 1 atom stereocenters. The Labute approximate surface area is 175 Å². The third kappa shape index (κ3) is 4.48. The van der Waals surface area contributed by atoms with E-state index in [0.717, 1.165) is 18.2 Å². The lowest BCUT2D eigenvalue weighted by molar-refractivity contribution is -0.137. The predicted octanol–water partition coefficient (Wildman–Crippen LogP) is 3.75. The number of amides is 2. The van der Waals surface area contributed by atoms with Crippen molar-refractivity contribution in [2.45, 2.75) is 18.5 Å². The highest BCUT2D eigenvalue weighted by molar-refractivity contribution is 6.06. The third-order valence-corrected chi connectivity index (χ3v) is 5.30. The molecule has 2 N–H and O–H groups in total. The molecule has 31 heavy (non-hydrogen) atoms. The molecular weight excluding hydrogens is 418 g/mol. The summed E-state index contributed by atoms with van der Waals surface area (Å²) in [7, 11) is 0. The quantitative estimate of drug-likeness (QED) is 0.718. The van der Waals surface area contributed by atoms with Crippen molar-refractivity contribution in [1.82, 2.24) is 0 Å². The van der Waals surface area contributed by atoms with Gasteiger partial charge in [-0.1, -0.05) is 6.07 Å². The van der Waals surface area contributed by atoms with E-state index in [1.165, 1.54) is 18.2 Å². The summed E-state index contributed by atoms with van der Waals surface area (Å²) >= 11 is 0. The van der Waals surface area contributed by atoms with Crippen LogP contribution in [0.2, 0.25) is 0 Å². The van der Waals surface area contributed by atoms with Gasteiger partial charge in [-0.15, -0.1) is 0 Å². The molecule has 0 spiro atoms. The van der Waals surface area contributed by atoms with Crippen LogP contribution in [0.5, 0.6) is 0 Å². The van der Waals surface area contributed by atoms with Crippen LogP contribution < -0.4 is 15.5 Å². The van der Waals surface area contributed by atoms with Gasteiger partial charge in [-0.05, 0) is 35.9 Å². The van der Waals surface area contributed by atoms with Gasteiger partial charge >= 0.3 is 6.18 Å². The maximum Gasteiger partial charge on any atom is 0.416 e. The number of alkyl halides is 3. The Balaban J connectivity index is 1.68. The van der Waals surface area contributed by atoms with E-state index in [2.05, 4.69) is 10.6 Å². The standard InChI is InChI=1S/C21H19F4N3O3/c22-13-2-3-14-15(11-19(29)26-16(14)10-13)20(30)27-17-9-12(21(23,24)25)1-4-18(17)28-5-7-31-8-6-28/h1-4,9-10,15H,5-8,11H2,(H,26,29)(H,27,30). The number of morpholine rings is 1. The van der Waals surface area contributed by atoms with E-state index in [1.54, 1.807) is 0 Å². The molecular formula is C21H19F4N3O3. The first-order valence-electron chi connectivity index (χ1n) is 9.66. The molecule has 0 radical (unpaired) electrons. The van der Waals surface area contributed by atoms with Gasteiger partial charge in [-0.25, -0.2) is 4.39 Å². The molecule has 0 bridgehead atoms. The van der Waals surface area contributed by atoms with Gasteiger partial charge < -0.3 is 20.3 Å². The van der Waals surface area contributed by atoms with Gasteiger partial charge in [0.25, 0.3) is 0 Å². The maximum absolute atomic E-state index is 13.5. The van der Waals surface area contributed by atoms with E-state index in [0.29, 0.717) is 37.6 Å². The minimum atomic E-state index is -4.59. The second kappa shape index (κ2) is 8.18. The van der Waals surface area contributed by atoms with Crippen molar-refractivity contribution in [1.29, 1.82) is 0 Å². The first-order chi connectivity index (χ1) is 14.7. The second-order valence-corrected chi connectivity index (χ2v) is 7.35. The number of fused-ring (bicyclic) bond motifs is 1. The number of nitrogens with one attached hydrogen (secondary N) is 2. The van der Waals surface area contributed by atoms with E-state index in [4.69, 9.17) is 4.74 Å². The van der Waals surface area contributed by atoms with Crippen molar-refractivity contribution in [3.63, 3.8) is 0 Å². The van der Waals surface area contributed by atoms with Gasteiger partial charge in [0.05, 0.1) is 36.1 Å². The molecule has 0 aromatic heterocycles. The summed E-state index contributed by atoms with van der Waals surface area (Å²) in [4.78, 5) is 26.9. The second-order valence-electron chi connectivity index (χ2n) is 7.35. The molecule has 1 unspecified atom stereocenters. The summed E-state index contributed by atoms with van der Waals surface area (Å²) in [6, 6.07) is 6.84. The van der Waals surface area contributed by atoms with E-state index >= 15 is 0 Å². The van der Waals surface area contributed by atoms with Crippen LogP contribution in [-0.4, -0.2) is 38.1 Å². The zero-order valence-corrected chi connectivity index (χ0v) is 16.3. The monoisotopic (exact) mass is 437 g/mol. The smallest absolute Gasteiger partial charge is 0.378 e. The largest absolute Gasteiger partial charge is 0.416 e. The molecule has 0 saturated carbocycles. The molecule has 2 aliphatic heterocycles. The van der Waals surface area contributed by atoms with E-state index in [1.807, 2.05) is 4.90 Å². The lowest BCUT2D eigenvalue weighted by atomic mass is 9.89. The van der Waals surface area contributed by atoms with Crippen LogP contribution in [0.1, 0.15) is 23.5 Å². The zero-order chi connectivity index (χ0) is 22.2. The zero-order valence-electron chi connectivity index (χ0n) is 16.3. The van der Waals surface area contributed by atoms with Gasteiger partial charge in [-0.2, -0.15) is 13.2 Å². The summed E-state index contributed by atoms with van der Waals surface area (Å²) in [5, 5.41) is 5.08.